The number of hydrogen-bond acceptors (Lipinski definition) is 4. The first-order valence-corrected chi connectivity index (χ1v) is 7.41. The number of halogens is 1. The molecule has 4 N–H and O–H groups in total. The van der Waals surface area contributed by atoms with Gasteiger partial charge in [-0.3, -0.25) is 9.82 Å². The number of nitrogens with zero attached hydrogens (tertiary/aromatic N) is 1. The molecule has 108 valence electrons. The number of rotatable bonds is 4. The third kappa shape index (κ3) is 2.90. The van der Waals surface area contributed by atoms with Crippen molar-refractivity contribution in [3.8, 4) is 0 Å². The number of aromatic nitrogens is 2. The number of nitrogens with two attached hydrogens (primary N) is 1. The zero-order chi connectivity index (χ0) is 14.9. The van der Waals surface area contributed by atoms with Gasteiger partial charge in [0.2, 0.25) is 0 Å². The molecule has 1 heterocycles. The van der Waals surface area contributed by atoms with E-state index in [0.717, 1.165) is 17.8 Å². The van der Waals surface area contributed by atoms with Gasteiger partial charge in [-0.1, -0.05) is 13.8 Å². The number of nitrogens with one attached hydrogen (secondary N) is 2. The van der Waals surface area contributed by atoms with Crippen molar-refractivity contribution >= 4 is 21.5 Å². The van der Waals surface area contributed by atoms with Crippen LogP contribution in [0, 0.1) is 5.82 Å². The molecule has 1 aromatic carbocycles. The molecule has 8 heteroatoms. The van der Waals surface area contributed by atoms with Gasteiger partial charge < -0.3 is 5.73 Å². The maximum absolute atomic E-state index is 13.7. The van der Waals surface area contributed by atoms with E-state index in [4.69, 9.17) is 5.73 Å². The van der Waals surface area contributed by atoms with Crippen LogP contribution in [0.25, 0.3) is 0 Å². The Bertz CT molecular complexity index is 725. The number of aromatic amines is 1. The van der Waals surface area contributed by atoms with Gasteiger partial charge >= 0.3 is 0 Å². The molecule has 2 aromatic rings. The lowest BCUT2D eigenvalue weighted by molar-refractivity contribution is 0.570. The molecule has 20 heavy (non-hydrogen) atoms. The summed E-state index contributed by atoms with van der Waals surface area (Å²) in [6.07, 6.45) is 0. The first-order valence-electron chi connectivity index (χ1n) is 5.93. The van der Waals surface area contributed by atoms with E-state index in [9.17, 15) is 12.8 Å². The van der Waals surface area contributed by atoms with E-state index in [-0.39, 0.29) is 17.4 Å². The highest BCUT2D eigenvalue weighted by Gasteiger charge is 2.20. The smallest absolute Gasteiger partial charge is 0.266 e. The van der Waals surface area contributed by atoms with E-state index in [0.29, 0.717) is 0 Å². The lowest BCUT2D eigenvalue weighted by atomic mass is 10.1. The molecule has 0 saturated heterocycles. The van der Waals surface area contributed by atoms with Crippen molar-refractivity contribution in [2.45, 2.75) is 24.7 Å². The largest absolute Gasteiger partial charge is 0.399 e. The highest BCUT2D eigenvalue weighted by molar-refractivity contribution is 7.92. The monoisotopic (exact) mass is 298 g/mol. The second-order valence-electron chi connectivity index (χ2n) is 4.66. The standard InChI is InChI=1S/C12H15FN4O2S/c1-7(2)10-6-12(16-15-10)17-20(18,19)11-4-3-8(14)5-9(11)13/h3-7H,14H2,1-2H3,(H2,15,16,17). The Kier molecular flexibility index (Phi) is 3.67. The van der Waals surface area contributed by atoms with E-state index >= 15 is 0 Å². The Morgan fingerprint density at radius 1 is 1.35 bits per heavy atom. The Labute approximate surface area is 116 Å². The predicted octanol–water partition coefficient (Wildman–Crippen LogP) is 2.06. The molecule has 0 amide bonds. The Morgan fingerprint density at radius 3 is 2.60 bits per heavy atom. The van der Waals surface area contributed by atoms with Gasteiger partial charge in [0.1, 0.15) is 10.7 Å². The van der Waals surface area contributed by atoms with E-state index < -0.39 is 20.7 Å². The summed E-state index contributed by atoms with van der Waals surface area (Å²) in [4.78, 5) is -0.471. The van der Waals surface area contributed by atoms with Crippen LogP contribution in [0.4, 0.5) is 15.9 Å². The molecule has 2 rings (SSSR count). The summed E-state index contributed by atoms with van der Waals surface area (Å²) in [5.41, 5.74) is 6.32. The van der Waals surface area contributed by atoms with Gasteiger partial charge in [-0.25, -0.2) is 12.8 Å². The summed E-state index contributed by atoms with van der Waals surface area (Å²) < 4.78 is 40.0. The fraction of sp³-hybridized carbons (Fsp3) is 0.250. The molecule has 0 atom stereocenters. The number of H-pyrrole nitrogens is 1. The molecule has 0 unspecified atom stereocenters. The number of sulfonamides is 1. The number of nitrogen functional groups attached to an aromatic ring is 1. The second-order valence-corrected chi connectivity index (χ2v) is 6.31. The van der Waals surface area contributed by atoms with E-state index in [1.165, 1.54) is 6.07 Å². The molecule has 1 aromatic heterocycles. The first-order chi connectivity index (χ1) is 9.29. The lowest BCUT2D eigenvalue weighted by Crippen LogP contribution is -2.15. The van der Waals surface area contributed by atoms with Crippen molar-refractivity contribution in [2.75, 3.05) is 10.5 Å². The summed E-state index contributed by atoms with van der Waals surface area (Å²) in [7, 11) is -4.04. The molecule has 0 aliphatic rings. The third-order valence-corrected chi connectivity index (χ3v) is 4.09. The van der Waals surface area contributed by atoms with Crippen LogP contribution >= 0.6 is 0 Å². The summed E-state index contributed by atoms with van der Waals surface area (Å²) >= 11 is 0. The second kappa shape index (κ2) is 5.12. The van der Waals surface area contributed by atoms with Crippen molar-refractivity contribution in [3.05, 3.63) is 35.8 Å². The van der Waals surface area contributed by atoms with E-state index in [1.807, 2.05) is 13.8 Å². The minimum Gasteiger partial charge on any atom is -0.399 e. The number of hydrogen-bond donors (Lipinski definition) is 3. The van der Waals surface area contributed by atoms with Gasteiger partial charge in [0.25, 0.3) is 10.0 Å². The van der Waals surface area contributed by atoms with Crippen molar-refractivity contribution < 1.29 is 12.8 Å². The van der Waals surface area contributed by atoms with Crippen LogP contribution < -0.4 is 10.5 Å². The molecular weight excluding hydrogens is 283 g/mol. The van der Waals surface area contributed by atoms with Crippen LogP contribution in [0.15, 0.2) is 29.2 Å². The average Bonchev–Trinajstić information content (AvgIpc) is 2.76. The van der Waals surface area contributed by atoms with Gasteiger partial charge in [-0.15, -0.1) is 0 Å². The van der Waals surface area contributed by atoms with Crippen molar-refractivity contribution in [3.63, 3.8) is 0 Å². The maximum Gasteiger partial charge on any atom is 0.266 e. The van der Waals surface area contributed by atoms with Gasteiger partial charge in [0.05, 0.1) is 0 Å². The fourth-order valence-electron chi connectivity index (χ4n) is 1.61. The molecule has 0 spiro atoms. The Morgan fingerprint density at radius 2 is 2.05 bits per heavy atom. The van der Waals surface area contributed by atoms with Gasteiger partial charge in [-0.05, 0) is 24.1 Å². The summed E-state index contributed by atoms with van der Waals surface area (Å²) in [5, 5.41) is 6.55. The average molecular weight is 298 g/mol. The highest BCUT2D eigenvalue weighted by Crippen LogP contribution is 2.21. The summed E-state index contributed by atoms with van der Waals surface area (Å²) in [6.45, 7) is 3.87. The summed E-state index contributed by atoms with van der Waals surface area (Å²) in [6, 6.07) is 4.96. The van der Waals surface area contributed by atoms with Crippen LogP contribution in [0.3, 0.4) is 0 Å². The van der Waals surface area contributed by atoms with Gasteiger partial charge in [-0.2, -0.15) is 5.10 Å². The SMILES string of the molecule is CC(C)c1cc(NS(=O)(=O)c2ccc(N)cc2F)n[nH]1. The third-order valence-electron chi connectivity index (χ3n) is 2.70. The highest BCUT2D eigenvalue weighted by atomic mass is 32.2. The topological polar surface area (TPSA) is 101 Å². The van der Waals surface area contributed by atoms with Crippen LogP contribution in [0.2, 0.25) is 0 Å². The lowest BCUT2D eigenvalue weighted by Gasteiger charge is -2.06. The molecule has 0 radical (unpaired) electrons. The molecule has 0 saturated carbocycles. The van der Waals surface area contributed by atoms with Crippen LogP contribution in [-0.2, 0) is 10.0 Å². The molecule has 0 bridgehead atoms. The number of benzene rings is 1. The number of anilines is 2. The quantitative estimate of drug-likeness (QED) is 0.752. The minimum atomic E-state index is -4.04. The van der Waals surface area contributed by atoms with Gasteiger partial charge in [0.15, 0.2) is 5.82 Å². The van der Waals surface area contributed by atoms with Crippen LogP contribution in [-0.4, -0.2) is 18.6 Å². The minimum absolute atomic E-state index is 0.116. The Balaban J connectivity index is 2.30. The van der Waals surface area contributed by atoms with E-state index in [2.05, 4.69) is 14.9 Å². The predicted molar refractivity (Wildman–Crippen MR) is 74.3 cm³/mol. The van der Waals surface area contributed by atoms with Crippen molar-refractivity contribution in [2.24, 2.45) is 0 Å². The Hall–Kier alpha value is -2.09. The molecular formula is C12H15FN4O2S. The molecule has 0 fully saturated rings. The van der Waals surface area contributed by atoms with Crippen molar-refractivity contribution in [1.29, 1.82) is 0 Å². The van der Waals surface area contributed by atoms with E-state index in [1.54, 1.807) is 6.07 Å². The molecule has 0 aliphatic carbocycles. The zero-order valence-corrected chi connectivity index (χ0v) is 11.8. The van der Waals surface area contributed by atoms with Gasteiger partial charge in [0, 0.05) is 17.4 Å². The zero-order valence-electron chi connectivity index (χ0n) is 11.0. The first kappa shape index (κ1) is 14.3. The fourth-order valence-corrected chi connectivity index (χ4v) is 2.67. The molecule has 6 nitrogen and oxygen atoms in total. The van der Waals surface area contributed by atoms with Crippen LogP contribution in [0.1, 0.15) is 25.5 Å². The summed E-state index contributed by atoms with van der Waals surface area (Å²) in [5.74, 6) is -0.615. The van der Waals surface area contributed by atoms with Crippen LogP contribution in [0.5, 0.6) is 0 Å². The normalized spacial score (nSPS) is 11.8. The van der Waals surface area contributed by atoms with Crippen molar-refractivity contribution in [1.82, 2.24) is 10.2 Å². The molecule has 0 aliphatic heterocycles. The maximum atomic E-state index is 13.7.